The van der Waals surface area contributed by atoms with E-state index in [0.29, 0.717) is 6.54 Å². The monoisotopic (exact) mass is 244 g/mol. The Morgan fingerprint density at radius 2 is 1.78 bits per heavy atom. The molecule has 0 atom stereocenters. The lowest BCUT2D eigenvalue weighted by atomic mass is 9.87. The number of rotatable bonds is 2. The maximum atomic E-state index is 5.68. The van der Waals surface area contributed by atoms with Gasteiger partial charge >= 0.3 is 0 Å². The number of hydrogen-bond donors (Lipinski definition) is 1. The van der Waals surface area contributed by atoms with Gasteiger partial charge in [-0.05, 0) is 30.0 Å². The van der Waals surface area contributed by atoms with Gasteiger partial charge in [-0.25, -0.2) is 9.67 Å². The lowest BCUT2D eigenvalue weighted by molar-refractivity contribution is 0.590. The standard InChI is InChI=1S/C14H20N4/c1-10-16-13(9-15)18(17-10)12-7-5-11(6-8-12)14(2,3)4/h5-8H,9,15H2,1-4H3. The summed E-state index contributed by atoms with van der Waals surface area (Å²) in [4.78, 5) is 4.30. The molecule has 1 heterocycles. The Kier molecular flexibility index (Phi) is 3.22. The molecule has 2 aromatic rings. The molecule has 96 valence electrons. The van der Waals surface area contributed by atoms with E-state index in [9.17, 15) is 0 Å². The Labute approximate surface area is 108 Å². The fourth-order valence-corrected chi connectivity index (χ4v) is 1.90. The predicted octanol–water partition coefficient (Wildman–Crippen LogP) is 2.33. The predicted molar refractivity (Wildman–Crippen MR) is 72.7 cm³/mol. The summed E-state index contributed by atoms with van der Waals surface area (Å²) in [6, 6.07) is 8.39. The summed E-state index contributed by atoms with van der Waals surface area (Å²) < 4.78 is 1.81. The van der Waals surface area contributed by atoms with Crippen molar-refractivity contribution < 1.29 is 0 Å². The number of benzene rings is 1. The minimum Gasteiger partial charge on any atom is -0.324 e. The van der Waals surface area contributed by atoms with E-state index in [0.717, 1.165) is 17.3 Å². The van der Waals surface area contributed by atoms with Gasteiger partial charge in [0.2, 0.25) is 0 Å². The number of nitrogens with zero attached hydrogens (tertiary/aromatic N) is 3. The Morgan fingerprint density at radius 3 is 2.28 bits per heavy atom. The van der Waals surface area contributed by atoms with Crippen molar-refractivity contribution in [3.05, 3.63) is 41.5 Å². The van der Waals surface area contributed by atoms with Gasteiger partial charge in [-0.1, -0.05) is 32.9 Å². The molecule has 2 rings (SSSR count). The highest BCUT2D eigenvalue weighted by molar-refractivity contribution is 5.37. The molecule has 0 radical (unpaired) electrons. The molecule has 1 aromatic carbocycles. The van der Waals surface area contributed by atoms with Crippen molar-refractivity contribution in [3.8, 4) is 5.69 Å². The number of aromatic nitrogens is 3. The summed E-state index contributed by atoms with van der Waals surface area (Å²) in [7, 11) is 0. The third-order valence-corrected chi connectivity index (χ3v) is 2.94. The number of aryl methyl sites for hydroxylation is 1. The molecule has 0 aliphatic heterocycles. The van der Waals surface area contributed by atoms with Crippen LogP contribution in [0.3, 0.4) is 0 Å². The third kappa shape index (κ3) is 2.43. The quantitative estimate of drug-likeness (QED) is 0.882. The van der Waals surface area contributed by atoms with Crippen LogP contribution < -0.4 is 5.73 Å². The van der Waals surface area contributed by atoms with Crippen molar-refractivity contribution in [1.29, 1.82) is 0 Å². The summed E-state index contributed by atoms with van der Waals surface area (Å²) in [6.07, 6.45) is 0. The van der Waals surface area contributed by atoms with E-state index in [1.54, 1.807) is 0 Å². The average molecular weight is 244 g/mol. The highest BCUT2D eigenvalue weighted by atomic mass is 15.4. The molecule has 4 heteroatoms. The van der Waals surface area contributed by atoms with E-state index in [4.69, 9.17) is 5.73 Å². The van der Waals surface area contributed by atoms with Crippen molar-refractivity contribution in [2.75, 3.05) is 0 Å². The largest absolute Gasteiger partial charge is 0.324 e. The third-order valence-electron chi connectivity index (χ3n) is 2.94. The fourth-order valence-electron chi connectivity index (χ4n) is 1.90. The lowest BCUT2D eigenvalue weighted by Crippen LogP contribution is -2.12. The number of nitrogens with two attached hydrogens (primary N) is 1. The van der Waals surface area contributed by atoms with E-state index < -0.39 is 0 Å². The van der Waals surface area contributed by atoms with Crippen molar-refractivity contribution in [2.45, 2.75) is 39.7 Å². The zero-order valence-electron chi connectivity index (χ0n) is 11.4. The molecule has 0 unspecified atom stereocenters. The molecule has 2 N–H and O–H groups in total. The molecule has 0 saturated heterocycles. The second-order valence-electron chi connectivity index (χ2n) is 5.49. The summed E-state index contributed by atoms with van der Waals surface area (Å²) in [5.74, 6) is 1.53. The highest BCUT2D eigenvalue weighted by Crippen LogP contribution is 2.23. The van der Waals surface area contributed by atoms with Gasteiger partial charge in [0.1, 0.15) is 11.6 Å². The van der Waals surface area contributed by atoms with Crippen molar-refractivity contribution >= 4 is 0 Å². The highest BCUT2D eigenvalue weighted by Gasteiger charge is 2.14. The Bertz CT molecular complexity index is 532. The van der Waals surface area contributed by atoms with Crippen LogP contribution in [0.1, 0.15) is 38.0 Å². The van der Waals surface area contributed by atoms with Crippen molar-refractivity contribution in [3.63, 3.8) is 0 Å². The molecule has 0 bridgehead atoms. The van der Waals surface area contributed by atoms with E-state index >= 15 is 0 Å². The van der Waals surface area contributed by atoms with Crippen LogP contribution >= 0.6 is 0 Å². The minimum absolute atomic E-state index is 0.160. The Hall–Kier alpha value is -1.68. The molecule has 0 aliphatic carbocycles. The van der Waals surface area contributed by atoms with Crippen LogP contribution in [-0.2, 0) is 12.0 Å². The average Bonchev–Trinajstić information content (AvgIpc) is 2.69. The first-order valence-corrected chi connectivity index (χ1v) is 6.15. The van der Waals surface area contributed by atoms with Crippen LogP contribution in [0.2, 0.25) is 0 Å². The van der Waals surface area contributed by atoms with Crippen LogP contribution in [0.4, 0.5) is 0 Å². The van der Waals surface area contributed by atoms with Gasteiger partial charge < -0.3 is 5.73 Å². The summed E-state index contributed by atoms with van der Waals surface area (Å²) in [6.45, 7) is 8.87. The van der Waals surface area contributed by atoms with Crippen LogP contribution in [0.25, 0.3) is 5.69 Å². The van der Waals surface area contributed by atoms with E-state index in [2.05, 4.69) is 55.1 Å². The molecule has 4 nitrogen and oxygen atoms in total. The Balaban J connectivity index is 2.40. The van der Waals surface area contributed by atoms with Crippen molar-refractivity contribution in [1.82, 2.24) is 14.8 Å². The normalized spacial score (nSPS) is 11.8. The molecule has 0 saturated carbocycles. The smallest absolute Gasteiger partial charge is 0.148 e. The minimum atomic E-state index is 0.160. The maximum absolute atomic E-state index is 5.68. The lowest BCUT2D eigenvalue weighted by Gasteiger charge is -2.19. The van der Waals surface area contributed by atoms with Gasteiger partial charge in [-0.3, -0.25) is 0 Å². The molecule has 18 heavy (non-hydrogen) atoms. The van der Waals surface area contributed by atoms with Gasteiger partial charge in [0.05, 0.1) is 12.2 Å². The summed E-state index contributed by atoms with van der Waals surface area (Å²) in [5.41, 5.74) is 8.14. The van der Waals surface area contributed by atoms with Crippen LogP contribution in [0, 0.1) is 6.92 Å². The maximum Gasteiger partial charge on any atom is 0.148 e. The molecular weight excluding hydrogens is 224 g/mol. The molecule has 1 aromatic heterocycles. The summed E-state index contributed by atoms with van der Waals surface area (Å²) >= 11 is 0. The van der Waals surface area contributed by atoms with E-state index in [-0.39, 0.29) is 5.41 Å². The fraction of sp³-hybridized carbons (Fsp3) is 0.429. The first-order valence-electron chi connectivity index (χ1n) is 6.15. The van der Waals surface area contributed by atoms with Crippen LogP contribution in [-0.4, -0.2) is 14.8 Å². The zero-order valence-corrected chi connectivity index (χ0v) is 11.4. The molecule has 0 aliphatic rings. The molecular formula is C14H20N4. The van der Waals surface area contributed by atoms with Crippen molar-refractivity contribution in [2.24, 2.45) is 5.73 Å². The van der Waals surface area contributed by atoms with E-state index in [1.165, 1.54) is 5.56 Å². The summed E-state index contributed by atoms with van der Waals surface area (Å²) in [5, 5.41) is 4.37. The SMILES string of the molecule is Cc1nc(CN)n(-c2ccc(C(C)(C)C)cc2)n1. The topological polar surface area (TPSA) is 56.7 Å². The first-order chi connectivity index (χ1) is 8.41. The van der Waals surface area contributed by atoms with Gasteiger partial charge in [0, 0.05) is 0 Å². The number of hydrogen-bond acceptors (Lipinski definition) is 3. The van der Waals surface area contributed by atoms with Gasteiger partial charge in [0.25, 0.3) is 0 Å². The second-order valence-corrected chi connectivity index (χ2v) is 5.49. The van der Waals surface area contributed by atoms with Crippen LogP contribution in [0.5, 0.6) is 0 Å². The molecule has 0 spiro atoms. The Morgan fingerprint density at radius 1 is 1.17 bits per heavy atom. The second kappa shape index (κ2) is 4.53. The van der Waals surface area contributed by atoms with Crippen LogP contribution in [0.15, 0.2) is 24.3 Å². The van der Waals surface area contributed by atoms with Gasteiger partial charge in [-0.15, -0.1) is 0 Å². The first kappa shape index (κ1) is 12.8. The van der Waals surface area contributed by atoms with E-state index in [1.807, 2.05) is 11.6 Å². The molecule has 0 fully saturated rings. The zero-order chi connectivity index (χ0) is 13.3. The molecule has 0 amide bonds. The van der Waals surface area contributed by atoms with Gasteiger partial charge in [0.15, 0.2) is 0 Å². The van der Waals surface area contributed by atoms with Gasteiger partial charge in [-0.2, -0.15) is 5.10 Å².